The van der Waals surface area contributed by atoms with Crippen molar-refractivity contribution in [1.29, 1.82) is 0 Å². The number of alkyl halides is 4. The average molecular weight is 548 g/mol. The third-order valence-corrected chi connectivity index (χ3v) is 8.11. The van der Waals surface area contributed by atoms with Crippen LogP contribution in [0, 0.1) is 0 Å². The lowest BCUT2D eigenvalue weighted by Crippen LogP contribution is -2.36. The molecule has 0 unspecified atom stereocenters. The maximum absolute atomic E-state index is 13.5. The fraction of sp³-hybridized carbons (Fsp3) is 0.440. The second-order valence-electron chi connectivity index (χ2n) is 10.1. The van der Waals surface area contributed by atoms with Gasteiger partial charge in [-0.05, 0) is 55.4 Å². The van der Waals surface area contributed by atoms with Gasteiger partial charge in [-0.25, -0.2) is 9.97 Å². The summed E-state index contributed by atoms with van der Waals surface area (Å²) in [6.45, 7) is -1.10. The smallest absolute Gasteiger partial charge is 0.343 e. The van der Waals surface area contributed by atoms with Crippen LogP contribution in [0.15, 0.2) is 29.8 Å². The Morgan fingerprint density at radius 3 is 2.66 bits per heavy atom. The van der Waals surface area contributed by atoms with Gasteiger partial charge in [-0.3, -0.25) is 9.18 Å². The number of fused-ring (bicyclic) bond motifs is 2. The third kappa shape index (κ3) is 4.92. The first kappa shape index (κ1) is 25.0. The Morgan fingerprint density at radius 1 is 1.13 bits per heavy atom. The van der Waals surface area contributed by atoms with Crippen molar-refractivity contribution in [2.24, 2.45) is 0 Å². The molecule has 3 aromatic rings. The fourth-order valence-electron chi connectivity index (χ4n) is 4.84. The quantitative estimate of drug-likeness (QED) is 0.299. The second kappa shape index (κ2) is 9.16. The molecule has 200 valence electrons. The number of anilines is 4. The lowest BCUT2D eigenvalue weighted by Gasteiger charge is -2.27. The summed E-state index contributed by atoms with van der Waals surface area (Å²) in [7, 11) is 0. The summed E-state index contributed by atoms with van der Waals surface area (Å²) in [5, 5.41) is 13.6. The molecule has 1 aromatic carbocycles. The molecular weight excluding hydrogens is 522 g/mol. The maximum Gasteiger partial charge on any atom is 0.405 e. The Hall–Kier alpha value is -3.32. The van der Waals surface area contributed by atoms with Gasteiger partial charge in [-0.2, -0.15) is 18.2 Å². The number of aromatic nitrogens is 3. The molecule has 2 fully saturated rings. The average Bonchev–Trinajstić information content (AvgIpc) is 3.81. The highest BCUT2D eigenvalue weighted by Gasteiger charge is 2.47. The molecule has 0 radical (unpaired) electrons. The minimum absolute atomic E-state index is 0.00716. The van der Waals surface area contributed by atoms with Crippen LogP contribution in [0.25, 0.3) is 0 Å². The van der Waals surface area contributed by atoms with E-state index in [1.165, 1.54) is 28.7 Å². The number of nitrogens with one attached hydrogen (secondary N) is 4. The van der Waals surface area contributed by atoms with Crippen molar-refractivity contribution in [2.75, 3.05) is 30.4 Å². The Bertz CT molecular complexity index is 1380. The molecule has 8 nitrogen and oxygen atoms in total. The van der Waals surface area contributed by atoms with E-state index in [0.717, 1.165) is 31.5 Å². The molecule has 6 rings (SSSR count). The van der Waals surface area contributed by atoms with Crippen molar-refractivity contribution in [3.05, 3.63) is 52.2 Å². The number of hydrogen-bond donors (Lipinski definition) is 4. The van der Waals surface area contributed by atoms with Crippen molar-refractivity contribution < 1.29 is 22.4 Å². The van der Waals surface area contributed by atoms with Gasteiger partial charge >= 0.3 is 6.18 Å². The van der Waals surface area contributed by atoms with Gasteiger partial charge < -0.3 is 21.3 Å². The molecule has 2 aliphatic carbocycles. The highest BCUT2D eigenvalue weighted by molar-refractivity contribution is 7.13. The molecule has 3 heterocycles. The third-order valence-electron chi connectivity index (χ3n) is 7.35. The van der Waals surface area contributed by atoms with E-state index in [4.69, 9.17) is 0 Å². The number of halogens is 4. The van der Waals surface area contributed by atoms with E-state index in [-0.39, 0.29) is 22.9 Å². The van der Waals surface area contributed by atoms with Gasteiger partial charge in [-0.1, -0.05) is 6.07 Å². The monoisotopic (exact) mass is 547 g/mol. The van der Waals surface area contributed by atoms with E-state index in [9.17, 15) is 22.4 Å². The van der Waals surface area contributed by atoms with Gasteiger partial charge in [0.25, 0.3) is 5.91 Å². The zero-order chi connectivity index (χ0) is 26.5. The predicted octanol–water partition coefficient (Wildman–Crippen LogP) is 4.85. The largest absolute Gasteiger partial charge is 0.405 e. The van der Waals surface area contributed by atoms with Crippen LogP contribution in [-0.2, 0) is 17.4 Å². The number of amides is 1. The Balaban J connectivity index is 1.26. The lowest BCUT2D eigenvalue weighted by molar-refractivity contribution is -0.123. The Kier molecular flexibility index (Phi) is 6.02. The number of thiazole rings is 1. The summed E-state index contributed by atoms with van der Waals surface area (Å²) in [4.78, 5) is 25.6. The van der Waals surface area contributed by atoms with Gasteiger partial charge in [0.05, 0.1) is 5.69 Å². The van der Waals surface area contributed by atoms with Gasteiger partial charge in [-0.15, -0.1) is 11.3 Å². The zero-order valence-corrected chi connectivity index (χ0v) is 21.0. The van der Waals surface area contributed by atoms with Gasteiger partial charge in [0.2, 0.25) is 5.95 Å². The number of rotatable bonds is 8. The molecule has 38 heavy (non-hydrogen) atoms. The first-order valence-corrected chi connectivity index (χ1v) is 13.2. The van der Waals surface area contributed by atoms with Crippen LogP contribution in [-0.4, -0.2) is 46.8 Å². The summed E-state index contributed by atoms with van der Waals surface area (Å²) >= 11 is 1.21. The number of hydrogen-bond acceptors (Lipinski definition) is 8. The second-order valence-corrected chi connectivity index (χ2v) is 10.9. The molecule has 2 saturated carbocycles. The molecule has 1 aliphatic heterocycles. The highest BCUT2D eigenvalue weighted by atomic mass is 32.1. The van der Waals surface area contributed by atoms with Crippen molar-refractivity contribution in [3.8, 4) is 0 Å². The predicted molar refractivity (Wildman–Crippen MR) is 135 cm³/mol. The van der Waals surface area contributed by atoms with Crippen LogP contribution in [0.1, 0.15) is 52.9 Å². The van der Waals surface area contributed by atoms with Crippen LogP contribution < -0.4 is 21.3 Å². The number of carbonyl (C=O) groups is 1. The van der Waals surface area contributed by atoms with Gasteiger partial charge in [0.15, 0.2) is 10.9 Å². The van der Waals surface area contributed by atoms with Gasteiger partial charge in [0.1, 0.15) is 18.8 Å². The van der Waals surface area contributed by atoms with E-state index in [1.807, 2.05) is 11.4 Å². The Labute approximate surface area is 219 Å². The summed E-state index contributed by atoms with van der Waals surface area (Å²) in [6, 6.07) is 6.08. The molecule has 0 bridgehead atoms. The van der Waals surface area contributed by atoms with Crippen LogP contribution in [0.4, 0.5) is 40.1 Å². The molecule has 3 aliphatic rings. The number of carbonyl (C=O) groups excluding carboxylic acids is 1. The van der Waals surface area contributed by atoms with Crippen molar-refractivity contribution in [3.63, 3.8) is 0 Å². The highest BCUT2D eigenvalue weighted by Crippen LogP contribution is 2.50. The molecule has 13 heteroatoms. The van der Waals surface area contributed by atoms with E-state index >= 15 is 0 Å². The summed E-state index contributed by atoms with van der Waals surface area (Å²) in [5.41, 5.74) is 3.27. The molecular formula is C25H25F4N7OS. The minimum atomic E-state index is -4.57. The van der Waals surface area contributed by atoms with Crippen molar-refractivity contribution in [2.45, 2.75) is 49.2 Å². The standard InChI is InChI=1S/C25H25F4N7OS/c26-12-23(4-5-23)18-11-38-22(34-18)36-19-16(20(37)31-13-25(27,28)29)10-30-21(35-19)33-15-1-2-17-14(9-15)3-8-32-24(17)6-7-24/h1-2,9-11,32H,3-8,12-13H2,(H,31,37)(H2,30,33,34,35,36). The molecule has 4 N–H and O–H groups in total. The van der Waals surface area contributed by atoms with E-state index in [2.05, 4.69) is 43.0 Å². The van der Waals surface area contributed by atoms with E-state index in [0.29, 0.717) is 23.7 Å². The van der Waals surface area contributed by atoms with E-state index in [1.54, 1.807) is 5.38 Å². The molecule has 0 saturated heterocycles. The summed E-state index contributed by atoms with van der Waals surface area (Å²) < 4.78 is 51.6. The SMILES string of the molecule is O=C(NCC(F)(F)F)c1cnc(Nc2ccc3c(c2)CCNC32CC2)nc1Nc1nc(C2(CF)CC2)cs1. The summed E-state index contributed by atoms with van der Waals surface area (Å²) in [6.07, 6.45) is 1.15. The van der Waals surface area contributed by atoms with Crippen LogP contribution in [0.5, 0.6) is 0 Å². The molecule has 1 spiro atoms. The molecule has 0 atom stereocenters. The van der Waals surface area contributed by atoms with Gasteiger partial charge in [0, 0.05) is 34.8 Å². The fourth-order valence-corrected chi connectivity index (χ4v) is 5.67. The molecule has 2 aromatic heterocycles. The van der Waals surface area contributed by atoms with Crippen LogP contribution >= 0.6 is 11.3 Å². The van der Waals surface area contributed by atoms with Crippen molar-refractivity contribution in [1.82, 2.24) is 25.6 Å². The number of benzene rings is 1. The minimum Gasteiger partial charge on any atom is -0.343 e. The lowest BCUT2D eigenvalue weighted by atomic mass is 9.92. The normalized spacial score (nSPS) is 18.5. The van der Waals surface area contributed by atoms with E-state index < -0.39 is 30.7 Å². The Morgan fingerprint density at radius 2 is 1.95 bits per heavy atom. The van der Waals surface area contributed by atoms with Crippen molar-refractivity contribution >= 4 is 39.8 Å². The molecule has 1 amide bonds. The zero-order valence-electron chi connectivity index (χ0n) is 20.2. The first-order chi connectivity index (χ1) is 18.2. The topological polar surface area (TPSA) is 104 Å². The summed E-state index contributed by atoms with van der Waals surface area (Å²) in [5.74, 6) is -0.826. The van der Waals surface area contributed by atoms with Crippen LogP contribution in [0.3, 0.4) is 0 Å². The van der Waals surface area contributed by atoms with Crippen LogP contribution in [0.2, 0.25) is 0 Å². The number of nitrogens with zero attached hydrogens (tertiary/aromatic N) is 3. The first-order valence-electron chi connectivity index (χ1n) is 12.4. The maximum atomic E-state index is 13.5.